The first-order chi connectivity index (χ1) is 7.92. The van der Waals surface area contributed by atoms with Crippen molar-refractivity contribution < 1.29 is 24.6 Å². The number of urea groups is 1. The van der Waals surface area contributed by atoms with Gasteiger partial charge in [0.05, 0.1) is 6.42 Å². The predicted molar refractivity (Wildman–Crippen MR) is 59.7 cm³/mol. The Bertz CT molecular complexity index is 316. The third-order valence-corrected chi connectivity index (χ3v) is 1.99. The van der Waals surface area contributed by atoms with Gasteiger partial charge in [-0.15, -0.1) is 6.58 Å². The van der Waals surface area contributed by atoms with E-state index in [0.717, 1.165) is 0 Å². The molecule has 0 heterocycles. The molecule has 3 N–H and O–H groups in total. The Balaban J connectivity index is 4.52. The number of rotatable bonds is 7. The second-order valence-corrected chi connectivity index (χ2v) is 3.27. The van der Waals surface area contributed by atoms with Crippen LogP contribution in [0.5, 0.6) is 0 Å². The van der Waals surface area contributed by atoms with Gasteiger partial charge in [0.1, 0.15) is 6.04 Å². The minimum Gasteiger partial charge on any atom is -0.481 e. The first kappa shape index (κ1) is 14.9. The molecule has 1 unspecified atom stereocenters. The fourth-order valence-electron chi connectivity index (χ4n) is 1.13. The van der Waals surface area contributed by atoms with Gasteiger partial charge < -0.3 is 20.4 Å². The van der Waals surface area contributed by atoms with Gasteiger partial charge in [0.25, 0.3) is 0 Å². The van der Waals surface area contributed by atoms with Crippen molar-refractivity contribution in [2.24, 2.45) is 0 Å². The molecule has 7 heteroatoms. The van der Waals surface area contributed by atoms with Crippen LogP contribution in [0.2, 0.25) is 0 Å². The van der Waals surface area contributed by atoms with Crippen LogP contribution in [0.15, 0.2) is 12.7 Å². The van der Waals surface area contributed by atoms with Gasteiger partial charge in [0, 0.05) is 13.1 Å². The number of carboxylic acid groups (broad SMARTS) is 2. The van der Waals surface area contributed by atoms with Crippen molar-refractivity contribution in [3.05, 3.63) is 12.7 Å². The summed E-state index contributed by atoms with van der Waals surface area (Å²) in [6.07, 6.45) is 0.836. The van der Waals surface area contributed by atoms with E-state index in [1.165, 1.54) is 11.0 Å². The van der Waals surface area contributed by atoms with Crippen LogP contribution >= 0.6 is 0 Å². The van der Waals surface area contributed by atoms with Crippen molar-refractivity contribution in [2.45, 2.75) is 19.4 Å². The van der Waals surface area contributed by atoms with Crippen molar-refractivity contribution in [1.82, 2.24) is 10.2 Å². The van der Waals surface area contributed by atoms with Gasteiger partial charge in [-0.3, -0.25) is 4.79 Å². The van der Waals surface area contributed by atoms with Gasteiger partial charge in [0.2, 0.25) is 0 Å². The van der Waals surface area contributed by atoms with Crippen LogP contribution in [0.3, 0.4) is 0 Å². The molecule has 0 fully saturated rings. The van der Waals surface area contributed by atoms with Crippen LogP contribution in [-0.4, -0.2) is 52.2 Å². The number of nitrogens with zero attached hydrogens (tertiary/aromatic N) is 1. The monoisotopic (exact) mass is 244 g/mol. The van der Waals surface area contributed by atoms with E-state index in [-0.39, 0.29) is 6.54 Å². The lowest BCUT2D eigenvalue weighted by molar-refractivity contribution is -0.145. The molecule has 17 heavy (non-hydrogen) atoms. The molecule has 0 aliphatic carbocycles. The Kier molecular flexibility index (Phi) is 6.39. The molecule has 0 saturated carbocycles. The van der Waals surface area contributed by atoms with Gasteiger partial charge >= 0.3 is 18.0 Å². The zero-order valence-corrected chi connectivity index (χ0v) is 9.55. The van der Waals surface area contributed by atoms with Gasteiger partial charge in [-0.25, -0.2) is 9.59 Å². The fraction of sp³-hybridized carbons (Fsp3) is 0.500. The Hall–Kier alpha value is -2.05. The zero-order valence-electron chi connectivity index (χ0n) is 9.55. The molecule has 0 aromatic heterocycles. The predicted octanol–water partition coefficient (Wildman–Crippen LogP) is 0.132. The van der Waals surface area contributed by atoms with Crippen molar-refractivity contribution >= 4 is 18.0 Å². The van der Waals surface area contributed by atoms with Crippen molar-refractivity contribution in [2.75, 3.05) is 13.1 Å². The molecular weight excluding hydrogens is 228 g/mol. The molecule has 0 saturated heterocycles. The Labute approximate surface area is 98.7 Å². The number of nitrogens with one attached hydrogen (secondary N) is 1. The van der Waals surface area contributed by atoms with Crippen LogP contribution in [0.25, 0.3) is 0 Å². The average molecular weight is 244 g/mol. The molecule has 0 rings (SSSR count). The molecule has 1 atom stereocenters. The third-order valence-electron chi connectivity index (χ3n) is 1.99. The lowest BCUT2D eigenvalue weighted by atomic mass is 10.2. The molecule has 7 nitrogen and oxygen atoms in total. The quantitative estimate of drug-likeness (QED) is 0.552. The summed E-state index contributed by atoms with van der Waals surface area (Å²) in [4.78, 5) is 34.0. The van der Waals surface area contributed by atoms with Crippen LogP contribution in [0, 0.1) is 0 Å². The molecule has 0 aromatic rings. The van der Waals surface area contributed by atoms with Crippen molar-refractivity contribution in [3.63, 3.8) is 0 Å². The lowest BCUT2D eigenvalue weighted by Gasteiger charge is -2.22. The fourth-order valence-corrected chi connectivity index (χ4v) is 1.13. The summed E-state index contributed by atoms with van der Waals surface area (Å²) < 4.78 is 0. The molecule has 0 aromatic carbocycles. The highest BCUT2D eigenvalue weighted by Gasteiger charge is 2.24. The number of hydrogen-bond donors (Lipinski definition) is 3. The summed E-state index contributed by atoms with van der Waals surface area (Å²) in [7, 11) is 0. The lowest BCUT2D eigenvalue weighted by Crippen LogP contribution is -2.48. The van der Waals surface area contributed by atoms with E-state index < -0.39 is 30.4 Å². The van der Waals surface area contributed by atoms with Crippen LogP contribution in [0.4, 0.5) is 4.79 Å². The standard InChI is InChI=1S/C10H16N2O5/c1-3-5-12(4-2)10(17)11-7(9(15)16)6-8(13)14/h3,7H,1,4-6H2,2H3,(H,11,17)(H,13,14)(H,15,16). The van der Waals surface area contributed by atoms with Gasteiger partial charge in [0.15, 0.2) is 0 Å². The smallest absolute Gasteiger partial charge is 0.326 e. The number of aliphatic carboxylic acids is 2. The zero-order chi connectivity index (χ0) is 13.4. The van der Waals surface area contributed by atoms with E-state index in [1.807, 2.05) is 0 Å². The molecule has 0 radical (unpaired) electrons. The van der Waals surface area contributed by atoms with Gasteiger partial charge in [-0.05, 0) is 6.92 Å². The summed E-state index contributed by atoms with van der Waals surface area (Å²) in [5.41, 5.74) is 0. The van der Waals surface area contributed by atoms with Crippen molar-refractivity contribution in [3.8, 4) is 0 Å². The van der Waals surface area contributed by atoms with Gasteiger partial charge in [-0.1, -0.05) is 6.08 Å². The van der Waals surface area contributed by atoms with Crippen molar-refractivity contribution in [1.29, 1.82) is 0 Å². The molecule has 0 aliphatic heterocycles. The number of carboxylic acids is 2. The third kappa shape index (κ3) is 5.55. The van der Waals surface area contributed by atoms with E-state index in [1.54, 1.807) is 6.92 Å². The summed E-state index contributed by atoms with van der Waals surface area (Å²) in [6.45, 7) is 5.82. The maximum atomic E-state index is 11.6. The molecule has 0 bridgehead atoms. The maximum Gasteiger partial charge on any atom is 0.326 e. The van der Waals surface area contributed by atoms with Crippen LogP contribution in [0.1, 0.15) is 13.3 Å². The maximum absolute atomic E-state index is 11.6. The highest BCUT2D eigenvalue weighted by atomic mass is 16.4. The average Bonchev–Trinajstić information content (AvgIpc) is 2.23. The number of amides is 2. The normalized spacial score (nSPS) is 11.4. The van der Waals surface area contributed by atoms with E-state index in [2.05, 4.69) is 11.9 Å². The highest BCUT2D eigenvalue weighted by molar-refractivity contribution is 5.86. The van der Waals surface area contributed by atoms with E-state index in [9.17, 15) is 14.4 Å². The number of hydrogen-bond acceptors (Lipinski definition) is 3. The summed E-state index contributed by atoms with van der Waals surface area (Å²) in [6, 6.07) is -2.06. The first-order valence-corrected chi connectivity index (χ1v) is 5.03. The summed E-state index contributed by atoms with van der Waals surface area (Å²) >= 11 is 0. The SMILES string of the molecule is C=CCN(CC)C(=O)NC(CC(=O)O)C(=O)O. The minimum atomic E-state index is -1.43. The Morgan fingerprint density at radius 1 is 1.41 bits per heavy atom. The van der Waals surface area contributed by atoms with E-state index in [0.29, 0.717) is 6.54 Å². The molecule has 96 valence electrons. The van der Waals surface area contributed by atoms with Gasteiger partial charge in [-0.2, -0.15) is 0 Å². The minimum absolute atomic E-state index is 0.266. The second kappa shape index (κ2) is 7.26. The van der Waals surface area contributed by atoms with Crippen LogP contribution < -0.4 is 5.32 Å². The molecular formula is C10H16N2O5. The van der Waals surface area contributed by atoms with E-state index in [4.69, 9.17) is 10.2 Å². The molecule has 0 spiro atoms. The number of carbonyl (C=O) groups excluding carboxylic acids is 1. The largest absolute Gasteiger partial charge is 0.481 e. The summed E-state index contributed by atoms with van der Waals surface area (Å²) in [5, 5.41) is 19.4. The second-order valence-electron chi connectivity index (χ2n) is 3.27. The summed E-state index contributed by atoms with van der Waals surface area (Å²) in [5.74, 6) is -2.67. The van der Waals surface area contributed by atoms with E-state index >= 15 is 0 Å². The Morgan fingerprint density at radius 3 is 2.35 bits per heavy atom. The first-order valence-electron chi connectivity index (χ1n) is 5.03. The highest BCUT2D eigenvalue weighted by Crippen LogP contribution is 1.96. The Morgan fingerprint density at radius 2 is 2.00 bits per heavy atom. The number of carbonyl (C=O) groups is 3. The molecule has 0 aliphatic rings. The van der Waals surface area contributed by atoms with Crippen LogP contribution in [-0.2, 0) is 9.59 Å². The molecule has 2 amide bonds. The number of likely N-dealkylation sites (N-methyl/N-ethyl adjacent to an activating group) is 1. The topological polar surface area (TPSA) is 107 Å².